The standard InChI is InChI=1S/C18H13N3O2/c22-18(23)13-8-9-16-17(10-13)20-21(19-16)11-14-6-3-5-12-4-1-2-7-15(12)14/h1-10H,11H2,(H,22,23). The van der Waals surface area contributed by atoms with Gasteiger partial charge in [-0.05, 0) is 34.5 Å². The van der Waals surface area contributed by atoms with Gasteiger partial charge in [-0.1, -0.05) is 42.5 Å². The topological polar surface area (TPSA) is 68.0 Å². The van der Waals surface area contributed by atoms with Crippen LogP contribution in [0.15, 0.2) is 60.7 Å². The Morgan fingerprint density at radius 1 is 0.957 bits per heavy atom. The van der Waals surface area contributed by atoms with Crippen molar-refractivity contribution in [2.75, 3.05) is 0 Å². The highest BCUT2D eigenvalue weighted by Gasteiger charge is 2.09. The van der Waals surface area contributed by atoms with Gasteiger partial charge in [0.2, 0.25) is 0 Å². The normalized spacial score (nSPS) is 11.1. The summed E-state index contributed by atoms with van der Waals surface area (Å²) in [4.78, 5) is 12.6. The van der Waals surface area contributed by atoms with E-state index in [-0.39, 0.29) is 5.56 Å². The maximum Gasteiger partial charge on any atom is 0.335 e. The molecule has 112 valence electrons. The second kappa shape index (κ2) is 5.21. The third kappa shape index (κ3) is 2.42. The third-order valence-corrected chi connectivity index (χ3v) is 3.86. The molecule has 0 radical (unpaired) electrons. The number of hydrogen-bond acceptors (Lipinski definition) is 3. The summed E-state index contributed by atoms with van der Waals surface area (Å²) in [6.07, 6.45) is 0. The first-order valence-corrected chi connectivity index (χ1v) is 7.25. The summed E-state index contributed by atoms with van der Waals surface area (Å²) in [5, 5.41) is 20.2. The lowest BCUT2D eigenvalue weighted by molar-refractivity contribution is 0.0697. The zero-order chi connectivity index (χ0) is 15.8. The molecule has 0 unspecified atom stereocenters. The Morgan fingerprint density at radius 2 is 1.74 bits per heavy atom. The third-order valence-electron chi connectivity index (χ3n) is 3.86. The zero-order valence-electron chi connectivity index (χ0n) is 12.2. The van der Waals surface area contributed by atoms with E-state index in [1.807, 2.05) is 18.2 Å². The number of aromatic carboxylic acids is 1. The summed E-state index contributed by atoms with van der Waals surface area (Å²) >= 11 is 0. The Labute approximate surface area is 131 Å². The van der Waals surface area contributed by atoms with Crippen LogP contribution in [0.4, 0.5) is 0 Å². The molecule has 23 heavy (non-hydrogen) atoms. The molecule has 0 aliphatic heterocycles. The molecule has 1 N–H and O–H groups in total. The molecule has 0 aliphatic carbocycles. The van der Waals surface area contributed by atoms with Gasteiger partial charge in [0.15, 0.2) is 0 Å². The van der Waals surface area contributed by atoms with Crippen molar-refractivity contribution in [2.45, 2.75) is 6.54 Å². The van der Waals surface area contributed by atoms with Crippen LogP contribution in [0.5, 0.6) is 0 Å². The number of benzene rings is 3. The van der Waals surface area contributed by atoms with Gasteiger partial charge >= 0.3 is 5.97 Å². The van der Waals surface area contributed by atoms with Crippen LogP contribution in [-0.2, 0) is 6.54 Å². The van der Waals surface area contributed by atoms with Gasteiger partial charge in [-0.15, -0.1) is 0 Å². The van der Waals surface area contributed by atoms with Crippen LogP contribution in [0.3, 0.4) is 0 Å². The number of aromatic nitrogens is 3. The molecule has 0 amide bonds. The number of hydrogen-bond donors (Lipinski definition) is 1. The van der Waals surface area contributed by atoms with Gasteiger partial charge in [0.05, 0.1) is 12.1 Å². The molecule has 1 aromatic heterocycles. The first-order valence-electron chi connectivity index (χ1n) is 7.25. The molecule has 0 bridgehead atoms. The van der Waals surface area contributed by atoms with E-state index in [1.165, 1.54) is 10.8 Å². The largest absolute Gasteiger partial charge is 0.478 e. The summed E-state index contributed by atoms with van der Waals surface area (Å²) < 4.78 is 0. The second-order valence-electron chi connectivity index (χ2n) is 5.38. The van der Waals surface area contributed by atoms with Crippen molar-refractivity contribution in [3.05, 3.63) is 71.8 Å². The number of rotatable bonds is 3. The highest BCUT2D eigenvalue weighted by molar-refractivity contribution is 5.92. The molecule has 0 saturated heterocycles. The molecule has 0 spiro atoms. The average Bonchev–Trinajstić information content (AvgIpc) is 2.96. The van der Waals surface area contributed by atoms with Crippen LogP contribution < -0.4 is 0 Å². The van der Waals surface area contributed by atoms with Gasteiger partial charge in [0, 0.05) is 0 Å². The summed E-state index contributed by atoms with van der Waals surface area (Å²) in [5.41, 5.74) is 2.62. The van der Waals surface area contributed by atoms with Gasteiger partial charge in [0.25, 0.3) is 0 Å². The van der Waals surface area contributed by atoms with E-state index in [9.17, 15) is 4.79 Å². The second-order valence-corrected chi connectivity index (χ2v) is 5.38. The SMILES string of the molecule is O=C(O)c1ccc2nn(Cc3cccc4ccccc34)nc2c1. The van der Waals surface area contributed by atoms with E-state index < -0.39 is 5.97 Å². The Balaban J connectivity index is 1.76. The van der Waals surface area contributed by atoms with E-state index in [2.05, 4.69) is 34.5 Å². The van der Waals surface area contributed by atoms with Gasteiger partial charge in [-0.2, -0.15) is 15.0 Å². The van der Waals surface area contributed by atoms with Crippen LogP contribution in [0.1, 0.15) is 15.9 Å². The molecule has 0 fully saturated rings. The highest BCUT2D eigenvalue weighted by atomic mass is 16.4. The predicted octanol–water partition coefficient (Wildman–Crippen LogP) is 3.33. The molecule has 5 nitrogen and oxygen atoms in total. The van der Waals surface area contributed by atoms with Crippen LogP contribution in [0.2, 0.25) is 0 Å². The van der Waals surface area contributed by atoms with Crippen LogP contribution in [0.25, 0.3) is 21.8 Å². The molecule has 4 rings (SSSR count). The fraction of sp³-hybridized carbons (Fsp3) is 0.0556. The van der Waals surface area contributed by atoms with E-state index in [4.69, 9.17) is 5.11 Å². The van der Waals surface area contributed by atoms with E-state index in [0.717, 1.165) is 5.56 Å². The average molecular weight is 303 g/mol. The highest BCUT2D eigenvalue weighted by Crippen LogP contribution is 2.20. The van der Waals surface area contributed by atoms with E-state index in [1.54, 1.807) is 23.0 Å². The van der Waals surface area contributed by atoms with E-state index in [0.29, 0.717) is 17.6 Å². The van der Waals surface area contributed by atoms with Crippen molar-refractivity contribution in [2.24, 2.45) is 0 Å². The summed E-state index contributed by atoms with van der Waals surface area (Å²) in [6.45, 7) is 0.540. The smallest absolute Gasteiger partial charge is 0.335 e. The lowest BCUT2D eigenvalue weighted by atomic mass is 10.1. The van der Waals surface area contributed by atoms with Crippen LogP contribution in [-0.4, -0.2) is 26.1 Å². The molecule has 5 heteroatoms. The number of carboxylic acid groups (broad SMARTS) is 1. The molecule has 0 aliphatic rings. The maximum absolute atomic E-state index is 11.0. The molecule has 0 saturated carbocycles. The minimum absolute atomic E-state index is 0.217. The van der Waals surface area contributed by atoms with Crippen LogP contribution in [0, 0.1) is 0 Å². The minimum Gasteiger partial charge on any atom is -0.478 e. The van der Waals surface area contributed by atoms with Gasteiger partial charge in [-0.25, -0.2) is 4.79 Å². The Morgan fingerprint density at radius 3 is 2.61 bits per heavy atom. The summed E-state index contributed by atoms with van der Waals surface area (Å²) in [7, 11) is 0. The Kier molecular flexibility index (Phi) is 3.05. The van der Waals surface area contributed by atoms with Gasteiger partial charge < -0.3 is 5.11 Å². The molecular formula is C18H13N3O2. The van der Waals surface area contributed by atoms with Crippen molar-refractivity contribution in [3.63, 3.8) is 0 Å². The summed E-state index contributed by atoms with van der Waals surface area (Å²) in [5.74, 6) is -0.962. The maximum atomic E-state index is 11.0. The van der Waals surface area contributed by atoms with Crippen LogP contribution >= 0.6 is 0 Å². The molecule has 1 heterocycles. The van der Waals surface area contributed by atoms with Crippen molar-refractivity contribution < 1.29 is 9.90 Å². The minimum atomic E-state index is -0.962. The Hall–Kier alpha value is -3.21. The first kappa shape index (κ1) is 13.5. The fourth-order valence-electron chi connectivity index (χ4n) is 2.75. The van der Waals surface area contributed by atoms with Crippen molar-refractivity contribution in [1.29, 1.82) is 0 Å². The number of fused-ring (bicyclic) bond motifs is 2. The fourth-order valence-corrected chi connectivity index (χ4v) is 2.75. The number of carboxylic acids is 1. The molecule has 0 atom stereocenters. The zero-order valence-corrected chi connectivity index (χ0v) is 12.2. The quantitative estimate of drug-likeness (QED) is 0.630. The number of carbonyl (C=O) groups is 1. The molecule has 4 aromatic rings. The van der Waals surface area contributed by atoms with Crippen molar-refractivity contribution in [3.8, 4) is 0 Å². The van der Waals surface area contributed by atoms with E-state index >= 15 is 0 Å². The van der Waals surface area contributed by atoms with Crippen molar-refractivity contribution in [1.82, 2.24) is 15.0 Å². The Bertz CT molecular complexity index is 1030. The van der Waals surface area contributed by atoms with Gasteiger partial charge in [0.1, 0.15) is 11.0 Å². The lowest BCUT2D eigenvalue weighted by Crippen LogP contribution is -2.04. The lowest BCUT2D eigenvalue weighted by Gasteiger charge is -2.05. The first-order chi connectivity index (χ1) is 11.2. The predicted molar refractivity (Wildman–Crippen MR) is 87.5 cm³/mol. The molecular weight excluding hydrogens is 290 g/mol. The van der Waals surface area contributed by atoms with Crippen molar-refractivity contribution >= 4 is 27.8 Å². The summed E-state index contributed by atoms with van der Waals surface area (Å²) in [6, 6.07) is 19.1. The molecule has 3 aromatic carbocycles. The van der Waals surface area contributed by atoms with Gasteiger partial charge in [-0.3, -0.25) is 0 Å². The monoisotopic (exact) mass is 303 g/mol. The number of nitrogens with zero attached hydrogens (tertiary/aromatic N) is 3.